The van der Waals surface area contributed by atoms with E-state index in [4.69, 9.17) is 11.6 Å². The Hall–Kier alpha value is -1.06. The van der Waals surface area contributed by atoms with Crippen LogP contribution in [0.15, 0.2) is 24.3 Å². The van der Waals surface area contributed by atoms with Gasteiger partial charge in [0.15, 0.2) is 0 Å². The Kier molecular flexibility index (Phi) is 2.83. The zero-order valence-electron chi connectivity index (χ0n) is 10.1. The summed E-state index contributed by atoms with van der Waals surface area (Å²) in [5.74, 6) is -0.228. The highest BCUT2D eigenvalue weighted by Gasteiger charge is 2.62. The van der Waals surface area contributed by atoms with Crippen LogP contribution in [-0.2, 0) is 11.3 Å². The molecule has 4 heteroatoms. The van der Waals surface area contributed by atoms with Gasteiger partial charge in [-0.25, -0.2) is 0 Å². The summed E-state index contributed by atoms with van der Waals surface area (Å²) in [6, 6.07) is 7.78. The van der Waals surface area contributed by atoms with Crippen molar-refractivity contribution in [3.8, 4) is 0 Å². The lowest BCUT2D eigenvalue weighted by molar-refractivity contribution is -0.145. The molecule has 2 unspecified atom stereocenters. The molecule has 0 radical (unpaired) electrons. The molecule has 0 aromatic heterocycles. The second-order valence-corrected chi connectivity index (χ2v) is 5.86. The van der Waals surface area contributed by atoms with Crippen molar-refractivity contribution in [1.29, 1.82) is 0 Å². The Bertz CT molecular complexity index is 490. The van der Waals surface area contributed by atoms with E-state index in [0.29, 0.717) is 12.5 Å². The van der Waals surface area contributed by atoms with Crippen molar-refractivity contribution in [3.05, 3.63) is 34.9 Å². The highest BCUT2D eigenvalue weighted by molar-refractivity contribution is 6.31. The van der Waals surface area contributed by atoms with Gasteiger partial charge >= 0.3 is 5.97 Å². The average Bonchev–Trinajstić information content (AvgIpc) is 3.07. The third-order valence-corrected chi connectivity index (χ3v) is 4.68. The lowest BCUT2D eigenvalue weighted by atomic mass is 9.97. The van der Waals surface area contributed by atoms with Crippen molar-refractivity contribution in [2.24, 2.45) is 11.3 Å². The Morgan fingerprint density at radius 2 is 2.28 bits per heavy atom. The number of hydrogen-bond acceptors (Lipinski definition) is 2. The SMILES string of the molecule is O=C(O)C12CC1CCN(Cc1ccccc1Cl)C2. The Labute approximate surface area is 111 Å². The van der Waals surface area contributed by atoms with E-state index in [2.05, 4.69) is 4.90 Å². The van der Waals surface area contributed by atoms with E-state index in [1.54, 1.807) is 0 Å². The number of carboxylic acids is 1. The molecule has 1 aliphatic heterocycles. The number of carboxylic acid groups (broad SMARTS) is 1. The molecule has 1 heterocycles. The van der Waals surface area contributed by atoms with Gasteiger partial charge in [-0.15, -0.1) is 0 Å². The summed E-state index contributed by atoms with van der Waals surface area (Å²) in [7, 11) is 0. The molecule has 2 aliphatic rings. The van der Waals surface area contributed by atoms with Crippen LogP contribution in [0.25, 0.3) is 0 Å². The lowest BCUT2D eigenvalue weighted by Crippen LogP contribution is -2.40. The molecule has 3 rings (SSSR count). The summed E-state index contributed by atoms with van der Waals surface area (Å²) in [5.41, 5.74) is 0.623. The van der Waals surface area contributed by atoms with Crippen LogP contribution in [0.4, 0.5) is 0 Å². The van der Waals surface area contributed by atoms with Gasteiger partial charge in [0.05, 0.1) is 5.41 Å². The largest absolute Gasteiger partial charge is 0.481 e. The van der Waals surface area contributed by atoms with Gasteiger partial charge in [-0.05, 0) is 36.9 Å². The van der Waals surface area contributed by atoms with Crippen molar-refractivity contribution in [2.45, 2.75) is 19.4 Å². The van der Waals surface area contributed by atoms with Gasteiger partial charge in [0.25, 0.3) is 0 Å². The maximum atomic E-state index is 11.3. The monoisotopic (exact) mass is 265 g/mol. The highest BCUT2D eigenvalue weighted by atomic mass is 35.5. The molecule has 1 N–H and O–H groups in total. The first-order valence-corrected chi connectivity index (χ1v) is 6.69. The second-order valence-electron chi connectivity index (χ2n) is 5.45. The number of fused-ring (bicyclic) bond motifs is 1. The van der Waals surface area contributed by atoms with Gasteiger partial charge < -0.3 is 5.11 Å². The van der Waals surface area contributed by atoms with Crippen molar-refractivity contribution in [1.82, 2.24) is 4.90 Å². The van der Waals surface area contributed by atoms with E-state index < -0.39 is 11.4 Å². The molecule has 1 aliphatic carbocycles. The smallest absolute Gasteiger partial charge is 0.311 e. The zero-order chi connectivity index (χ0) is 12.8. The van der Waals surface area contributed by atoms with Crippen LogP contribution in [0.2, 0.25) is 5.02 Å². The number of benzene rings is 1. The average molecular weight is 266 g/mol. The van der Waals surface area contributed by atoms with Gasteiger partial charge in [0.2, 0.25) is 0 Å². The molecule has 3 nitrogen and oxygen atoms in total. The fourth-order valence-corrected chi connectivity index (χ4v) is 3.30. The summed E-state index contributed by atoms with van der Waals surface area (Å²) >= 11 is 6.14. The van der Waals surface area contributed by atoms with Crippen LogP contribution in [0.3, 0.4) is 0 Å². The number of aliphatic carboxylic acids is 1. The Morgan fingerprint density at radius 3 is 3.00 bits per heavy atom. The van der Waals surface area contributed by atoms with Crippen LogP contribution in [0.1, 0.15) is 18.4 Å². The molecule has 1 saturated carbocycles. The quantitative estimate of drug-likeness (QED) is 0.913. The summed E-state index contributed by atoms with van der Waals surface area (Å²) in [5, 5.41) is 10.1. The molecule has 96 valence electrons. The lowest BCUT2D eigenvalue weighted by Gasteiger charge is -2.30. The van der Waals surface area contributed by atoms with E-state index in [0.717, 1.165) is 36.5 Å². The summed E-state index contributed by atoms with van der Waals surface area (Å²) in [6.45, 7) is 2.39. The minimum atomic E-state index is -0.628. The standard InChI is InChI=1S/C14H16ClNO2/c15-12-4-2-1-3-10(12)8-16-6-5-11-7-14(11,9-16)13(17)18/h1-4,11H,5-9H2,(H,17,18). The van der Waals surface area contributed by atoms with Crippen molar-refractivity contribution in [3.63, 3.8) is 0 Å². The predicted molar refractivity (Wildman–Crippen MR) is 69.5 cm³/mol. The van der Waals surface area contributed by atoms with Gasteiger partial charge in [-0.1, -0.05) is 29.8 Å². The highest BCUT2D eigenvalue weighted by Crippen LogP contribution is 2.57. The summed E-state index contributed by atoms with van der Waals surface area (Å²) in [4.78, 5) is 13.6. The molecule has 1 aromatic rings. The molecular weight excluding hydrogens is 250 g/mol. The molecule has 2 fully saturated rings. The third-order valence-electron chi connectivity index (χ3n) is 4.31. The molecule has 18 heavy (non-hydrogen) atoms. The van der Waals surface area contributed by atoms with Crippen LogP contribution < -0.4 is 0 Å². The minimum absolute atomic E-state index is 0.400. The van der Waals surface area contributed by atoms with Crippen molar-refractivity contribution < 1.29 is 9.90 Å². The number of likely N-dealkylation sites (tertiary alicyclic amines) is 1. The minimum Gasteiger partial charge on any atom is -0.481 e. The van der Waals surface area contributed by atoms with E-state index in [9.17, 15) is 9.90 Å². The van der Waals surface area contributed by atoms with E-state index in [-0.39, 0.29) is 0 Å². The number of hydrogen-bond donors (Lipinski definition) is 1. The normalized spacial score (nSPS) is 30.8. The summed E-state index contributed by atoms with van der Waals surface area (Å²) in [6.07, 6.45) is 1.85. The Balaban J connectivity index is 1.71. The number of rotatable bonds is 3. The van der Waals surface area contributed by atoms with E-state index in [1.807, 2.05) is 24.3 Å². The van der Waals surface area contributed by atoms with E-state index in [1.165, 1.54) is 0 Å². The number of nitrogens with zero attached hydrogens (tertiary/aromatic N) is 1. The Morgan fingerprint density at radius 1 is 1.50 bits per heavy atom. The predicted octanol–water partition coefficient (Wildman–Crippen LogP) is 2.64. The van der Waals surface area contributed by atoms with Gasteiger partial charge in [-0.3, -0.25) is 9.69 Å². The van der Waals surface area contributed by atoms with Gasteiger partial charge in [0.1, 0.15) is 0 Å². The second kappa shape index (κ2) is 4.25. The molecule has 0 spiro atoms. The number of halogens is 1. The van der Waals surface area contributed by atoms with Crippen LogP contribution in [0.5, 0.6) is 0 Å². The molecule has 0 bridgehead atoms. The zero-order valence-corrected chi connectivity index (χ0v) is 10.9. The number of piperidine rings is 1. The maximum Gasteiger partial charge on any atom is 0.311 e. The summed E-state index contributed by atoms with van der Waals surface area (Å²) < 4.78 is 0. The topological polar surface area (TPSA) is 40.5 Å². The molecule has 1 saturated heterocycles. The van der Waals surface area contributed by atoms with Crippen molar-refractivity contribution >= 4 is 17.6 Å². The molecule has 0 amide bonds. The molecule has 1 aromatic carbocycles. The van der Waals surface area contributed by atoms with Gasteiger partial charge in [-0.2, -0.15) is 0 Å². The molecule has 2 atom stereocenters. The van der Waals surface area contributed by atoms with Crippen molar-refractivity contribution in [2.75, 3.05) is 13.1 Å². The number of carbonyl (C=O) groups is 1. The first-order chi connectivity index (χ1) is 8.62. The first-order valence-electron chi connectivity index (χ1n) is 6.31. The fraction of sp³-hybridized carbons (Fsp3) is 0.500. The van der Waals surface area contributed by atoms with Crippen LogP contribution in [0, 0.1) is 11.3 Å². The van der Waals surface area contributed by atoms with Gasteiger partial charge in [0, 0.05) is 18.1 Å². The van der Waals surface area contributed by atoms with Crippen LogP contribution >= 0.6 is 11.6 Å². The third kappa shape index (κ3) is 1.91. The maximum absolute atomic E-state index is 11.3. The first kappa shape index (κ1) is 12.0. The fourth-order valence-electron chi connectivity index (χ4n) is 3.10. The van der Waals surface area contributed by atoms with Crippen LogP contribution in [-0.4, -0.2) is 29.1 Å². The van der Waals surface area contributed by atoms with E-state index >= 15 is 0 Å². The molecular formula is C14H16ClNO2.